The average molecular weight is 305 g/mol. The van der Waals surface area contributed by atoms with Gasteiger partial charge in [-0.3, -0.25) is 0 Å². The van der Waals surface area contributed by atoms with Gasteiger partial charge in [-0.15, -0.1) is 11.8 Å². The number of nitrogens with zero attached hydrogens (tertiary/aromatic N) is 1. The van der Waals surface area contributed by atoms with Crippen molar-refractivity contribution >= 4 is 11.8 Å². The van der Waals surface area contributed by atoms with Crippen molar-refractivity contribution in [2.45, 2.75) is 44.9 Å². The van der Waals surface area contributed by atoms with Gasteiger partial charge in [0.05, 0.1) is 6.61 Å². The summed E-state index contributed by atoms with van der Waals surface area (Å²) in [6.07, 6.45) is 13.6. The van der Waals surface area contributed by atoms with Crippen LogP contribution in [0.5, 0.6) is 0 Å². The predicted molar refractivity (Wildman–Crippen MR) is 91.1 cm³/mol. The van der Waals surface area contributed by atoms with Crippen molar-refractivity contribution in [3.8, 4) is 0 Å². The van der Waals surface area contributed by atoms with E-state index in [0.29, 0.717) is 5.92 Å². The van der Waals surface area contributed by atoms with E-state index in [1.165, 1.54) is 62.0 Å². The Kier molecular flexibility index (Phi) is 4.99. The van der Waals surface area contributed by atoms with Crippen LogP contribution < -0.4 is 0 Å². The van der Waals surface area contributed by atoms with Gasteiger partial charge in [0.2, 0.25) is 0 Å². The summed E-state index contributed by atoms with van der Waals surface area (Å²) in [7, 11) is 4.31. The average Bonchev–Trinajstić information content (AvgIpc) is 2.56. The van der Waals surface area contributed by atoms with E-state index in [-0.39, 0.29) is 0 Å². The fourth-order valence-electron chi connectivity index (χ4n) is 3.50. The first-order valence-electron chi connectivity index (χ1n) is 8.31. The highest BCUT2D eigenvalue weighted by atomic mass is 32.2. The topological polar surface area (TPSA) is 12.5 Å². The zero-order valence-electron chi connectivity index (χ0n) is 13.4. The van der Waals surface area contributed by atoms with E-state index in [1.807, 2.05) is 0 Å². The number of allylic oxidation sites excluding steroid dienone is 5. The zero-order valence-corrected chi connectivity index (χ0v) is 14.2. The molecule has 2 aliphatic carbocycles. The molecule has 1 heterocycles. The minimum Gasteiger partial charge on any atom is -0.492 e. The number of hydrogen-bond acceptors (Lipinski definition) is 3. The Labute approximate surface area is 133 Å². The molecule has 0 amide bonds. The molecule has 3 heteroatoms. The molecule has 0 N–H and O–H groups in total. The van der Waals surface area contributed by atoms with Gasteiger partial charge in [0.1, 0.15) is 5.76 Å². The van der Waals surface area contributed by atoms with Crippen LogP contribution >= 0.6 is 11.8 Å². The molecule has 0 radical (unpaired) electrons. The second-order valence-corrected chi connectivity index (χ2v) is 7.56. The molecule has 116 valence electrons. The lowest BCUT2D eigenvalue weighted by Gasteiger charge is -2.32. The van der Waals surface area contributed by atoms with Crippen molar-refractivity contribution in [1.29, 1.82) is 0 Å². The molecular weight excluding hydrogens is 278 g/mol. The van der Waals surface area contributed by atoms with Crippen molar-refractivity contribution in [3.63, 3.8) is 0 Å². The first-order valence-corrected chi connectivity index (χ1v) is 9.30. The van der Waals surface area contributed by atoms with Gasteiger partial charge in [-0.25, -0.2) is 0 Å². The standard InChI is InChI=1S/C18H27NOS/c1-19(2)16-10-8-15(9-11-16)18-17(20-12-13-21-18)14-6-4-3-5-7-14/h6,10,15H,3-5,7-9,11-13H2,1-2H3. The van der Waals surface area contributed by atoms with Crippen LogP contribution in [0.1, 0.15) is 44.9 Å². The van der Waals surface area contributed by atoms with Crippen molar-refractivity contribution in [2.75, 3.05) is 26.5 Å². The third kappa shape index (κ3) is 3.50. The van der Waals surface area contributed by atoms with Crippen molar-refractivity contribution in [1.82, 2.24) is 4.90 Å². The molecular formula is C18H27NOS. The largest absolute Gasteiger partial charge is 0.492 e. The molecule has 0 bridgehead atoms. The normalized spacial score (nSPS) is 26.9. The molecule has 0 aromatic rings. The Balaban J connectivity index is 1.81. The van der Waals surface area contributed by atoms with E-state index < -0.39 is 0 Å². The van der Waals surface area contributed by atoms with Crippen molar-refractivity contribution in [3.05, 3.63) is 34.1 Å². The summed E-state index contributed by atoms with van der Waals surface area (Å²) in [4.78, 5) is 3.81. The summed E-state index contributed by atoms with van der Waals surface area (Å²) in [5.41, 5.74) is 2.98. The Morgan fingerprint density at radius 2 is 2.10 bits per heavy atom. The molecule has 1 unspecified atom stereocenters. The fourth-order valence-corrected chi connectivity index (χ4v) is 4.65. The molecule has 0 saturated heterocycles. The third-order valence-corrected chi connectivity index (χ3v) is 5.93. The summed E-state index contributed by atoms with van der Waals surface area (Å²) >= 11 is 2.05. The number of rotatable bonds is 3. The molecule has 2 nitrogen and oxygen atoms in total. The predicted octanol–water partition coefficient (Wildman–Crippen LogP) is 4.71. The first-order chi connectivity index (χ1) is 10.3. The van der Waals surface area contributed by atoms with Gasteiger partial charge in [-0.05, 0) is 56.4 Å². The van der Waals surface area contributed by atoms with Crippen molar-refractivity contribution in [2.24, 2.45) is 5.92 Å². The van der Waals surface area contributed by atoms with Crippen LogP contribution in [-0.2, 0) is 4.74 Å². The van der Waals surface area contributed by atoms with Gasteiger partial charge in [0, 0.05) is 30.5 Å². The molecule has 0 spiro atoms. The maximum absolute atomic E-state index is 6.12. The molecule has 1 aliphatic heterocycles. The number of thioether (sulfide) groups is 1. The summed E-state index contributed by atoms with van der Waals surface area (Å²) < 4.78 is 6.12. The molecule has 1 atom stereocenters. The third-order valence-electron chi connectivity index (χ3n) is 4.73. The second-order valence-electron chi connectivity index (χ2n) is 6.43. The van der Waals surface area contributed by atoms with Gasteiger partial charge >= 0.3 is 0 Å². The van der Waals surface area contributed by atoms with Gasteiger partial charge in [0.25, 0.3) is 0 Å². The molecule has 0 aromatic heterocycles. The van der Waals surface area contributed by atoms with Crippen LogP contribution in [0.25, 0.3) is 0 Å². The lowest BCUT2D eigenvalue weighted by molar-refractivity contribution is 0.228. The minimum absolute atomic E-state index is 0.678. The summed E-state index contributed by atoms with van der Waals surface area (Å²) in [6, 6.07) is 0. The van der Waals surface area contributed by atoms with Crippen LogP contribution in [0.4, 0.5) is 0 Å². The van der Waals surface area contributed by atoms with Gasteiger partial charge in [-0.2, -0.15) is 0 Å². The molecule has 0 aromatic carbocycles. The fraction of sp³-hybridized carbons (Fsp3) is 0.667. The number of hydrogen-bond donors (Lipinski definition) is 0. The van der Waals surface area contributed by atoms with E-state index in [1.54, 1.807) is 4.91 Å². The highest BCUT2D eigenvalue weighted by molar-refractivity contribution is 8.03. The minimum atomic E-state index is 0.678. The molecule has 21 heavy (non-hydrogen) atoms. The maximum Gasteiger partial charge on any atom is 0.131 e. The van der Waals surface area contributed by atoms with E-state index in [4.69, 9.17) is 4.74 Å². The molecule has 3 aliphatic rings. The van der Waals surface area contributed by atoms with E-state index >= 15 is 0 Å². The zero-order chi connectivity index (χ0) is 14.7. The van der Waals surface area contributed by atoms with Crippen LogP contribution in [-0.4, -0.2) is 31.4 Å². The monoisotopic (exact) mass is 305 g/mol. The summed E-state index contributed by atoms with van der Waals surface area (Å²) in [5.74, 6) is 3.06. The van der Waals surface area contributed by atoms with Crippen LogP contribution in [0.3, 0.4) is 0 Å². The Hall–Kier alpha value is -0.830. The van der Waals surface area contributed by atoms with E-state index in [0.717, 1.165) is 12.4 Å². The van der Waals surface area contributed by atoms with Gasteiger partial charge < -0.3 is 9.64 Å². The van der Waals surface area contributed by atoms with E-state index in [2.05, 4.69) is 42.9 Å². The second kappa shape index (κ2) is 6.95. The van der Waals surface area contributed by atoms with Crippen LogP contribution in [0.15, 0.2) is 34.1 Å². The van der Waals surface area contributed by atoms with Gasteiger partial charge in [0.15, 0.2) is 0 Å². The molecule has 0 fully saturated rings. The quantitative estimate of drug-likeness (QED) is 0.749. The Morgan fingerprint density at radius 1 is 1.19 bits per heavy atom. The van der Waals surface area contributed by atoms with Gasteiger partial charge in [-0.1, -0.05) is 12.2 Å². The summed E-state index contributed by atoms with van der Waals surface area (Å²) in [5, 5.41) is 0. The molecule has 3 rings (SSSR count). The first kappa shape index (κ1) is 15.1. The highest BCUT2D eigenvalue weighted by Crippen LogP contribution is 2.42. The SMILES string of the molecule is CN(C)C1=CCC(C2=C(C3=CCCCC3)OCCS2)CC1. The van der Waals surface area contributed by atoms with Crippen LogP contribution in [0, 0.1) is 5.92 Å². The van der Waals surface area contributed by atoms with E-state index in [9.17, 15) is 0 Å². The highest BCUT2D eigenvalue weighted by Gasteiger charge is 2.27. The lowest BCUT2D eigenvalue weighted by Crippen LogP contribution is -2.20. The van der Waals surface area contributed by atoms with Crippen molar-refractivity contribution < 1.29 is 4.74 Å². The summed E-state index contributed by atoms with van der Waals surface area (Å²) in [6.45, 7) is 0.881. The number of ether oxygens (including phenoxy) is 1. The Morgan fingerprint density at radius 3 is 2.76 bits per heavy atom. The molecule has 0 saturated carbocycles. The lowest BCUT2D eigenvalue weighted by atomic mass is 9.89. The smallest absolute Gasteiger partial charge is 0.131 e. The maximum atomic E-state index is 6.12. The van der Waals surface area contributed by atoms with Crippen LogP contribution in [0.2, 0.25) is 0 Å². The Bertz CT molecular complexity index is 476.